The van der Waals surface area contributed by atoms with E-state index in [1.54, 1.807) is 49.6 Å². The van der Waals surface area contributed by atoms with Crippen LogP contribution < -0.4 is 4.72 Å². The lowest BCUT2D eigenvalue weighted by Gasteiger charge is -2.19. The number of halogens is 1. The SMILES string of the molecule is CC(C)[C@H](NS(=O)(=O)c1cccs1)C(=O)OCc1nc(-c2ccc(Cl)cc2)no1. The summed E-state index contributed by atoms with van der Waals surface area (Å²) in [6.45, 7) is 3.16. The molecule has 0 radical (unpaired) electrons. The number of aromatic nitrogens is 2. The zero-order valence-electron chi connectivity index (χ0n) is 15.5. The summed E-state index contributed by atoms with van der Waals surface area (Å²) < 4.78 is 37.6. The van der Waals surface area contributed by atoms with Crippen LogP contribution in [-0.4, -0.2) is 30.6 Å². The second kappa shape index (κ2) is 9.04. The van der Waals surface area contributed by atoms with Crippen LogP contribution in [0, 0.1) is 5.92 Å². The molecular weight excluding hydrogens is 438 g/mol. The Kier molecular flexibility index (Phi) is 6.68. The van der Waals surface area contributed by atoms with Crippen LogP contribution in [0.1, 0.15) is 19.7 Å². The van der Waals surface area contributed by atoms with Crippen molar-refractivity contribution in [3.8, 4) is 11.4 Å². The van der Waals surface area contributed by atoms with E-state index in [0.29, 0.717) is 16.4 Å². The molecule has 0 saturated heterocycles. The van der Waals surface area contributed by atoms with Gasteiger partial charge in [0.05, 0.1) is 0 Å². The molecular formula is C18H18ClN3O5S2. The quantitative estimate of drug-likeness (QED) is 0.517. The van der Waals surface area contributed by atoms with Crippen LogP contribution >= 0.6 is 22.9 Å². The fourth-order valence-corrected chi connectivity index (χ4v) is 4.82. The van der Waals surface area contributed by atoms with Crippen molar-refractivity contribution in [2.45, 2.75) is 30.7 Å². The van der Waals surface area contributed by atoms with Crippen LogP contribution in [0.3, 0.4) is 0 Å². The number of hydrogen-bond donors (Lipinski definition) is 1. The fraction of sp³-hybridized carbons (Fsp3) is 0.278. The molecule has 8 nitrogen and oxygen atoms in total. The first-order valence-corrected chi connectivity index (χ1v) is 11.3. The number of carbonyl (C=O) groups excluding carboxylic acids is 1. The Morgan fingerprint density at radius 2 is 2.00 bits per heavy atom. The summed E-state index contributed by atoms with van der Waals surface area (Å²) in [5.74, 6) is -0.644. The molecule has 1 atom stereocenters. The highest BCUT2D eigenvalue weighted by molar-refractivity contribution is 7.91. The van der Waals surface area contributed by atoms with Gasteiger partial charge in [0.1, 0.15) is 10.3 Å². The molecule has 1 aromatic carbocycles. The molecule has 0 spiro atoms. The molecule has 0 aliphatic carbocycles. The third kappa shape index (κ3) is 5.41. The van der Waals surface area contributed by atoms with Crippen LogP contribution in [0.5, 0.6) is 0 Å². The van der Waals surface area contributed by atoms with Gasteiger partial charge < -0.3 is 9.26 Å². The maximum absolute atomic E-state index is 12.5. The molecule has 0 saturated carbocycles. The lowest BCUT2D eigenvalue weighted by atomic mass is 10.1. The van der Waals surface area contributed by atoms with Gasteiger partial charge in [0.2, 0.25) is 5.82 Å². The highest BCUT2D eigenvalue weighted by Gasteiger charge is 2.30. The van der Waals surface area contributed by atoms with Crippen molar-refractivity contribution in [2.24, 2.45) is 5.92 Å². The molecule has 3 rings (SSSR count). The van der Waals surface area contributed by atoms with E-state index in [2.05, 4.69) is 14.9 Å². The number of sulfonamides is 1. The number of nitrogens with one attached hydrogen (secondary N) is 1. The lowest BCUT2D eigenvalue weighted by Crippen LogP contribution is -2.45. The summed E-state index contributed by atoms with van der Waals surface area (Å²) in [5, 5.41) is 6.06. The van der Waals surface area contributed by atoms with Gasteiger partial charge in [0.15, 0.2) is 6.61 Å². The second-order valence-corrected chi connectivity index (χ2v) is 9.73. The van der Waals surface area contributed by atoms with Crippen molar-refractivity contribution in [1.29, 1.82) is 0 Å². The summed E-state index contributed by atoms with van der Waals surface area (Å²) >= 11 is 6.92. The normalized spacial score (nSPS) is 12.8. The zero-order chi connectivity index (χ0) is 21.0. The van der Waals surface area contributed by atoms with Crippen molar-refractivity contribution < 1.29 is 22.5 Å². The molecule has 29 heavy (non-hydrogen) atoms. The standard InChI is InChI=1S/C18H18ClN3O5S2/c1-11(2)16(22-29(24,25)15-4-3-9-28-15)18(23)26-10-14-20-17(21-27-14)12-5-7-13(19)8-6-12/h3-9,11,16,22H,10H2,1-2H3/t16-/m0/s1. The average Bonchev–Trinajstić information content (AvgIpc) is 3.37. The summed E-state index contributed by atoms with van der Waals surface area (Å²) in [6.07, 6.45) is 0. The third-order valence-corrected chi connectivity index (χ3v) is 6.96. The predicted octanol–water partition coefficient (Wildman–Crippen LogP) is 3.50. The first-order chi connectivity index (χ1) is 13.8. The maximum atomic E-state index is 12.5. The Balaban J connectivity index is 1.64. The molecule has 0 aliphatic heterocycles. The van der Waals surface area contributed by atoms with Gasteiger partial charge >= 0.3 is 5.97 Å². The predicted molar refractivity (Wildman–Crippen MR) is 108 cm³/mol. The van der Waals surface area contributed by atoms with E-state index in [4.69, 9.17) is 20.9 Å². The van der Waals surface area contributed by atoms with Crippen molar-refractivity contribution in [3.05, 3.63) is 52.7 Å². The number of esters is 1. The van der Waals surface area contributed by atoms with Crippen LogP contribution in [0.2, 0.25) is 5.02 Å². The Morgan fingerprint density at radius 3 is 2.62 bits per heavy atom. The fourth-order valence-electron chi connectivity index (χ4n) is 2.35. The number of nitrogens with zero attached hydrogens (tertiary/aromatic N) is 2. The molecule has 3 aromatic rings. The summed E-state index contributed by atoms with van der Waals surface area (Å²) in [7, 11) is -3.82. The highest BCUT2D eigenvalue weighted by atomic mass is 35.5. The van der Waals surface area contributed by atoms with Crippen molar-refractivity contribution in [2.75, 3.05) is 0 Å². The topological polar surface area (TPSA) is 111 Å². The number of thiophene rings is 1. The molecule has 0 fully saturated rings. The van der Waals surface area contributed by atoms with Crippen molar-refractivity contribution in [1.82, 2.24) is 14.9 Å². The summed E-state index contributed by atoms with van der Waals surface area (Å²) in [5.41, 5.74) is 0.694. The number of benzene rings is 1. The van der Waals surface area contributed by atoms with Gasteiger partial charge in [-0.25, -0.2) is 8.42 Å². The average molecular weight is 456 g/mol. The second-order valence-electron chi connectivity index (χ2n) is 6.40. The van der Waals surface area contributed by atoms with Crippen LogP contribution in [0.25, 0.3) is 11.4 Å². The first-order valence-electron chi connectivity index (χ1n) is 8.57. The minimum absolute atomic E-state index is 0.0897. The molecule has 2 heterocycles. The number of ether oxygens (including phenoxy) is 1. The van der Waals surface area contributed by atoms with E-state index in [1.165, 1.54) is 6.07 Å². The lowest BCUT2D eigenvalue weighted by molar-refractivity contribution is -0.148. The Hall–Kier alpha value is -2.27. The smallest absolute Gasteiger partial charge is 0.324 e. The van der Waals surface area contributed by atoms with E-state index in [-0.39, 0.29) is 22.6 Å². The maximum Gasteiger partial charge on any atom is 0.324 e. The molecule has 0 aliphatic rings. The van der Waals surface area contributed by atoms with Gasteiger partial charge in [-0.2, -0.15) is 9.71 Å². The highest BCUT2D eigenvalue weighted by Crippen LogP contribution is 2.20. The molecule has 154 valence electrons. The van der Waals surface area contributed by atoms with Crippen molar-refractivity contribution in [3.63, 3.8) is 0 Å². The number of carbonyl (C=O) groups is 1. The molecule has 11 heteroatoms. The molecule has 1 N–H and O–H groups in total. The number of hydrogen-bond acceptors (Lipinski definition) is 8. The summed E-state index contributed by atoms with van der Waals surface area (Å²) in [6, 6.07) is 8.89. The Labute approximate surface area is 176 Å². The third-order valence-electron chi connectivity index (χ3n) is 3.87. The number of rotatable bonds is 8. The van der Waals surface area contributed by atoms with Crippen LogP contribution in [0.15, 0.2) is 50.5 Å². The minimum Gasteiger partial charge on any atom is -0.454 e. The largest absolute Gasteiger partial charge is 0.454 e. The van der Waals surface area contributed by atoms with Crippen molar-refractivity contribution >= 4 is 38.9 Å². The monoisotopic (exact) mass is 455 g/mol. The van der Waals surface area contributed by atoms with E-state index in [1.807, 2.05) is 0 Å². The molecule has 0 amide bonds. The first kappa shape index (κ1) is 21.4. The van der Waals surface area contributed by atoms with E-state index >= 15 is 0 Å². The molecule has 0 bridgehead atoms. The summed E-state index contributed by atoms with van der Waals surface area (Å²) in [4.78, 5) is 16.6. The van der Waals surface area contributed by atoms with E-state index in [9.17, 15) is 13.2 Å². The molecule has 2 aromatic heterocycles. The van der Waals surface area contributed by atoms with Crippen LogP contribution in [0.4, 0.5) is 0 Å². The van der Waals surface area contributed by atoms with Gasteiger partial charge in [-0.05, 0) is 41.6 Å². The van der Waals surface area contributed by atoms with Gasteiger partial charge in [0, 0.05) is 10.6 Å². The van der Waals surface area contributed by atoms with Gasteiger partial charge in [-0.15, -0.1) is 11.3 Å². The zero-order valence-corrected chi connectivity index (χ0v) is 17.9. The Bertz CT molecular complexity index is 1060. The van der Waals surface area contributed by atoms with Gasteiger partial charge in [0.25, 0.3) is 15.9 Å². The van der Waals surface area contributed by atoms with E-state index < -0.39 is 22.0 Å². The van der Waals surface area contributed by atoms with Gasteiger partial charge in [-0.3, -0.25) is 4.79 Å². The molecule has 0 unspecified atom stereocenters. The van der Waals surface area contributed by atoms with E-state index in [0.717, 1.165) is 11.3 Å². The minimum atomic E-state index is -3.82. The van der Waals surface area contributed by atoms with Gasteiger partial charge in [-0.1, -0.05) is 36.7 Å². The van der Waals surface area contributed by atoms with Crippen LogP contribution in [-0.2, 0) is 26.2 Å². The Morgan fingerprint density at radius 1 is 1.28 bits per heavy atom.